The fourth-order valence-corrected chi connectivity index (χ4v) is 2.49. The molecule has 0 aromatic heterocycles. The molecule has 1 heterocycles. The molecule has 5 atom stereocenters. The number of carbonyl (C=O) groups is 1. The molecule has 7 nitrogen and oxygen atoms in total. The summed E-state index contributed by atoms with van der Waals surface area (Å²) in [6, 6.07) is 0. The van der Waals surface area contributed by atoms with Gasteiger partial charge >= 0.3 is 0 Å². The van der Waals surface area contributed by atoms with E-state index in [2.05, 4.69) is 6.92 Å². The lowest BCUT2D eigenvalue weighted by Crippen LogP contribution is -2.65. The average Bonchev–Trinajstić information content (AvgIpc) is 2.45. The molecule has 0 saturated carbocycles. The zero-order valence-electron chi connectivity index (χ0n) is 12.3. The molecule has 1 fully saturated rings. The molecule has 7 heteroatoms. The van der Waals surface area contributed by atoms with Crippen molar-refractivity contribution in [2.24, 2.45) is 0 Å². The molecule has 0 unspecified atom stereocenters. The Morgan fingerprint density at radius 1 is 1.14 bits per heavy atom. The van der Waals surface area contributed by atoms with Gasteiger partial charge in [-0.2, -0.15) is 0 Å². The molecule has 5 N–H and O–H groups in total. The summed E-state index contributed by atoms with van der Waals surface area (Å²) in [5.74, 6) is -2.58. The predicted molar refractivity (Wildman–Crippen MR) is 73.3 cm³/mol. The van der Waals surface area contributed by atoms with Gasteiger partial charge in [-0.25, -0.2) is 0 Å². The highest BCUT2D eigenvalue weighted by Gasteiger charge is 2.53. The number of aliphatic hydroxyl groups excluding tert-OH is 4. The van der Waals surface area contributed by atoms with Crippen LogP contribution in [0.4, 0.5) is 0 Å². The Morgan fingerprint density at radius 2 is 1.81 bits per heavy atom. The van der Waals surface area contributed by atoms with Gasteiger partial charge in [0.15, 0.2) is 0 Å². The number of aliphatic hydroxyl groups is 5. The Labute approximate surface area is 124 Å². The third-order valence-electron chi connectivity index (χ3n) is 3.81. The summed E-state index contributed by atoms with van der Waals surface area (Å²) in [4.78, 5) is 11.9. The van der Waals surface area contributed by atoms with Crippen molar-refractivity contribution in [3.05, 3.63) is 0 Å². The quantitative estimate of drug-likeness (QED) is 0.367. The van der Waals surface area contributed by atoms with Gasteiger partial charge in [0, 0.05) is 6.42 Å². The van der Waals surface area contributed by atoms with Gasteiger partial charge in [-0.1, -0.05) is 26.2 Å². The lowest BCUT2D eigenvalue weighted by Gasteiger charge is -2.45. The Hall–Kier alpha value is -0.570. The minimum absolute atomic E-state index is 0.251. The number of hydrogen-bond acceptors (Lipinski definition) is 7. The highest BCUT2D eigenvalue weighted by molar-refractivity contribution is 5.79. The second kappa shape index (κ2) is 8.17. The second-order valence-electron chi connectivity index (χ2n) is 5.64. The first-order valence-electron chi connectivity index (χ1n) is 7.42. The molecule has 1 aliphatic rings. The summed E-state index contributed by atoms with van der Waals surface area (Å²) in [5.41, 5.74) is 0. The predicted octanol–water partition coefficient (Wildman–Crippen LogP) is -0.922. The fourth-order valence-electron chi connectivity index (χ4n) is 2.49. The highest BCUT2D eigenvalue weighted by atomic mass is 16.7. The number of carbonyl (C=O) groups excluding carboxylic acids is 1. The molecule has 1 aliphatic heterocycles. The van der Waals surface area contributed by atoms with Gasteiger partial charge in [-0.3, -0.25) is 4.79 Å². The Kier molecular flexibility index (Phi) is 7.19. The summed E-state index contributed by atoms with van der Waals surface area (Å²) in [5, 5.41) is 48.4. The van der Waals surface area contributed by atoms with Gasteiger partial charge < -0.3 is 30.3 Å². The van der Waals surface area contributed by atoms with E-state index in [4.69, 9.17) is 9.84 Å². The summed E-state index contributed by atoms with van der Waals surface area (Å²) in [6.07, 6.45) is -2.84. The number of rotatable bonds is 8. The van der Waals surface area contributed by atoms with Gasteiger partial charge in [0.05, 0.1) is 13.0 Å². The van der Waals surface area contributed by atoms with Crippen LogP contribution in [0.1, 0.15) is 45.4 Å². The van der Waals surface area contributed by atoms with E-state index in [1.165, 1.54) is 0 Å². The van der Waals surface area contributed by atoms with E-state index in [1.54, 1.807) is 0 Å². The summed E-state index contributed by atoms with van der Waals surface area (Å²) < 4.78 is 5.04. The van der Waals surface area contributed by atoms with E-state index in [9.17, 15) is 25.2 Å². The first kappa shape index (κ1) is 18.5. The van der Waals surface area contributed by atoms with Crippen molar-refractivity contribution in [1.82, 2.24) is 0 Å². The standard InChI is InChI=1S/C14H26O7/c1-2-3-4-5-6-9(16)7-14(20)13(19)12(18)11(17)10(8-15)21-14/h10-13,15,17-20H,2-8H2,1H3/t10-,11-,12+,13-,14-/m1/s1. The van der Waals surface area contributed by atoms with E-state index >= 15 is 0 Å². The summed E-state index contributed by atoms with van der Waals surface area (Å²) >= 11 is 0. The van der Waals surface area contributed by atoms with Crippen LogP contribution >= 0.6 is 0 Å². The number of ether oxygens (including phenoxy) is 1. The number of hydrogen-bond donors (Lipinski definition) is 5. The van der Waals surface area contributed by atoms with Crippen LogP contribution in [0.2, 0.25) is 0 Å². The monoisotopic (exact) mass is 306 g/mol. The minimum atomic E-state index is -2.28. The molecular formula is C14H26O7. The van der Waals surface area contributed by atoms with Crippen LogP contribution in [0.3, 0.4) is 0 Å². The van der Waals surface area contributed by atoms with E-state index in [1.807, 2.05) is 0 Å². The topological polar surface area (TPSA) is 127 Å². The van der Waals surface area contributed by atoms with E-state index in [0.717, 1.165) is 19.3 Å². The summed E-state index contributed by atoms with van der Waals surface area (Å²) in [6.45, 7) is 1.41. The molecule has 0 aliphatic carbocycles. The fraction of sp³-hybridized carbons (Fsp3) is 0.929. The zero-order valence-corrected chi connectivity index (χ0v) is 12.3. The van der Waals surface area contributed by atoms with Crippen LogP contribution in [0, 0.1) is 0 Å². The van der Waals surface area contributed by atoms with Crippen LogP contribution in [0.5, 0.6) is 0 Å². The highest BCUT2D eigenvalue weighted by Crippen LogP contribution is 2.31. The zero-order chi connectivity index (χ0) is 16.0. The first-order chi connectivity index (χ1) is 9.85. The smallest absolute Gasteiger partial charge is 0.202 e. The maximum absolute atomic E-state index is 11.9. The van der Waals surface area contributed by atoms with Crippen LogP contribution in [0.15, 0.2) is 0 Å². The SMILES string of the molecule is CCCCCCC(=O)C[C@@]1(O)O[C@H](CO)[C@@H](O)[C@H](O)[C@H]1O. The number of unbranched alkanes of at least 4 members (excludes halogenated alkanes) is 3. The Morgan fingerprint density at radius 3 is 2.38 bits per heavy atom. The van der Waals surface area contributed by atoms with Crippen LogP contribution in [-0.4, -0.2) is 68.1 Å². The van der Waals surface area contributed by atoms with Gasteiger partial charge in [0.25, 0.3) is 0 Å². The molecule has 0 radical (unpaired) electrons. The van der Waals surface area contributed by atoms with Gasteiger partial charge in [-0.05, 0) is 6.42 Å². The van der Waals surface area contributed by atoms with Crippen molar-refractivity contribution in [2.45, 2.75) is 75.7 Å². The third kappa shape index (κ3) is 4.70. The van der Waals surface area contributed by atoms with Crippen molar-refractivity contribution in [2.75, 3.05) is 6.61 Å². The van der Waals surface area contributed by atoms with E-state index in [0.29, 0.717) is 6.42 Å². The Balaban J connectivity index is 2.59. The lowest BCUT2D eigenvalue weighted by atomic mass is 9.89. The van der Waals surface area contributed by atoms with Crippen molar-refractivity contribution in [3.63, 3.8) is 0 Å². The average molecular weight is 306 g/mol. The minimum Gasteiger partial charge on any atom is -0.394 e. The largest absolute Gasteiger partial charge is 0.394 e. The second-order valence-corrected chi connectivity index (χ2v) is 5.64. The van der Waals surface area contributed by atoms with Crippen LogP contribution in [-0.2, 0) is 9.53 Å². The molecule has 0 bridgehead atoms. The molecule has 21 heavy (non-hydrogen) atoms. The van der Waals surface area contributed by atoms with Crippen molar-refractivity contribution >= 4 is 5.78 Å². The number of ketones is 1. The molecule has 1 saturated heterocycles. The maximum atomic E-state index is 11.9. The van der Waals surface area contributed by atoms with Gasteiger partial charge in [-0.15, -0.1) is 0 Å². The molecule has 0 spiro atoms. The Bertz CT molecular complexity index is 333. The van der Waals surface area contributed by atoms with Crippen LogP contribution < -0.4 is 0 Å². The van der Waals surface area contributed by atoms with E-state index in [-0.39, 0.29) is 12.2 Å². The summed E-state index contributed by atoms with van der Waals surface area (Å²) in [7, 11) is 0. The number of Topliss-reactive ketones (excluding diaryl/α,β-unsaturated/α-hetero) is 1. The van der Waals surface area contributed by atoms with Gasteiger partial charge in [0.1, 0.15) is 30.2 Å². The van der Waals surface area contributed by atoms with Crippen LogP contribution in [0.25, 0.3) is 0 Å². The maximum Gasteiger partial charge on any atom is 0.202 e. The first-order valence-corrected chi connectivity index (χ1v) is 7.42. The third-order valence-corrected chi connectivity index (χ3v) is 3.81. The van der Waals surface area contributed by atoms with Crippen molar-refractivity contribution in [3.8, 4) is 0 Å². The molecule has 0 aromatic carbocycles. The molecular weight excluding hydrogens is 280 g/mol. The van der Waals surface area contributed by atoms with Crippen molar-refractivity contribution in [1.29, 1.82) is 0 Å². The molecule has 1 rings (SSSR count). The van der Waals surface area contributed by atoms with Gasteiger partial charge in [0.2, 0.25) is 5.79 Å². The molecule has 124 valence electrons. The molecule has 0 aromatic rings. The van der Waals surface area contributed by atoms with Crippen molar-refractivity contribution < 1.29 is 35.1 Å². The lowest BCUT2D eigenvalue weighted by molar-refractivity contribution is -0.347. The van der Waals surface area contributed by atoms with E-state index < -0.39 is 43.2 Å². The normalized spacial score (nSPS) is 36.7. The molecule has 0 amide bonds.